The number of phosphoric ester groups is 1. The van der Waals surface area contributed by atoms with Crippen molar-refractivity contribution in [1.82, 2.24) is 39.0 Å². The van der Waals surface area contributed by atoms with Crippen LogP contribution in [0.5, 0.6) is 0 Å². The van der Waals surface area contributed by atoms with Crippen molar-refractivity contribution in [2.45, 2.75) is 49.1 Å². The standard InChI is InChI=1S/C20H23N10O13P2Se/c21-19-25-13-7(15(33)27-19)23-3-29(13)17-9(31)11-6(41-17)2-39-45(37,46)43-12-5(1-38-44(35,36)42-11)40-18(10(12)32)30-4-24-8-14(30)26-20(22)28-16(8)34/h3-6,9-12,17-18,31-32H,1-2H2,(H,35,36)(H3,21,25,27,33)(H3,22,26,28,34)/t5-,6-,9-,10-,11-,12-,17-,18-,45?/m1/s1. The van der Waals surface area contributed by atoms with Gasteiger partial charge in [0.2, 0.25) is 0 Å². The average Bonchev–Trinajstić information content (AvgIpc) is 3.72. The Labute approximate surface area is 261 Å². The van der Waals surface area contributed by atoms with Crippen LogP contribution in [0.15, 0.2) is 22.2 Å². The van der Waals surface area contributed by atoms with E-state index in [1.165, 1.54) is 4.57 Å². The van der Waals surface area contributed by atoms with E-state index < -0.39 is 87.5 Å². The molecule has 23 nitrogen and oxygen atoms in total. The van der Waals surface area contributed by atoms with Crippen LogP contribution >= 0.6 is 14.1 Å². The van der Waals surface area contributed by atoms with Gasteiger partial charge >= 0.3 is 262 Å². The van der Waals surface area contributed by atoms with E-state index in [9.17, 15) is 33.8 Å². The molecule has 10 atom stereocenters. The fourth-order valence-corrected chi connectivity index (χ4v) is 8.30. The van der Waals surface area contributed by atoms with Crippen LogP contribution in [0.25, 0.3) is 22.3 Å². The number of aliphatic hydroxyl groups excluding tert-OH is 2. The number of hydrogen-bond acceptors (Lipinski definition) is 18. The summed E-state index contributed by atoms with van der Waals surface area (Å²) < 4.78 is 62.2. The number of nitrogen functional groups attached to an aromatic ring is 2. The molecule has 4 aromatic heterocycles. The fraction of sp³-hybridized carbons (Fsp3) is 0.500. The molecule has 0 amide bonds. The van der Waals surface area contributed by atoms with Gasteiger partial charge in [0.05, 0.1) is 0 Å². The predicted octanol–water partition coefficient (Wildman–Crippen LogP) is -2.87. The second-order valence-electron chi connectivity index (χ2n) is 10.3. The number of imidazole rings is 2. The third-order valence-corrected chi connectivity index (χ3v) is 10.5. The van der Waals surface area contributed by atoms with Gasteiger partial charge in [-0.1, -0.05) is 0 Å². The van der Waals surface area contributed by atoms with Crippen LogP contribution in [0.4, 0.5) is 11.9 Å². The zero-order chi connectivity index (χ0) is 32.7. The first-order valence-corrected chi connectivity index (χ1v) is 18.4. The number of ether oxygens (including phenoxy) is 2. The van der Waals surface area contributed by atoms with Crippen molar-refractivity contribution >= 4 is 63.9 Å². The van der Waals surface area contributed by atoms with E-state index in [2.05, 4.69) is 45.5 Å². The molecule has 4 aromatic rings. The van der Waals surface area contributed by atoms with E-state index in [4.69, 9.17) is 39.0 Å². The third kappa shape index (κ3) is 5.50. The van der Waals surface area contributed by atoms with Crippen LogP contribution in [0, 0.1) is 0 Å². The van der Waals surface area contributed by atoms with Gasteiger partial charge in [0.15, 0.2) is 0 Å². The molecule has 26 heteroatoms. The van der Waals surface area contributed by atoms with Crippen molar-refractivity contribution in [2.75, 3.05) is 24.7 Å². The molecule has 46 heavy (non-hydrogen) atoms. The molecule has 3 aliphatic heterocycles. The molecular formula is C20H23N10O13P2Se. The number of nitrogens with zero attached hydrogens (tertiary/aromatic N) is 6. The summed E-state index contributed by atoms with van der Waals surface area (Å²) in [6, 6.07) is 0. The molecule has 0 aromatic carbocycles. The number of anilines is 2. The van der Waals surface area contributed by atoms with E-state index in [-0.39, 0.29) is 34.2 Å². The number of nitrogens with one attached hydrogen (secondary N) is 2. The molecule has 3 aliphatic rings. The summed E-state index contributed by atoms with van der Waals surface area (Å²) in [5.41, 5.74) is 9.57. The first-order valence-electron chi connectivity index (χ1n) is 13.1. The van der Waals surface area contributed by atoms with Crippen LogP contribution in [0.2, 0.25) is 0 Å². The number of aliphatic hydroxyl groups is 2. The second-order valence-corrected chi connectivity index (χ2v) is 15.9. The van der Waals surface area contributed by atoms with Gasteiger partial charge in [-0.3, -0.25) is 0 Å². The Balaban J connectivity index is 1.18. The number of hydrogen-bond donors (Lipinski definition) is 7. The molecule has 247 valence electrons. The molecule has 0 saturated carbocycles. The quantitative estimate of drug-likeness (QED) is 0.0799. The van der Waals surface area contributed by atoms with Crippen molar-refractivity contribution < 1.29 is 51.8 Å². The number of fused-ring (bicyclic) bond motifs is 4. The summed E-state index contributed by atoms with van der Waals surface area (Å²) in [5.74, 6) is -0.497. The normalized spacial score (nSPS) is 37.1. The van der Waals surface area contributed by atoms with E-state index in [0.29, 0.717) is 0 Å². The molecule has 3 fully saturated rings. The Bertz CT molecular complexity index is 1910. The van der Waals surface area contributed by atoms with Crippen molar-refractivity contribution in [3.8, 4) is 0 Å². The van der Waals surface area contributed by atoms with Crippen LogP contribution in [-0.2, 0) is 36.7 Å². The zero-order valence-electron chi connectivity index (χ0n) is 22.8. The van der Waals surface area contributed by atoms with Gasteiger partial charge in [-0.25, -0.2) is 0 Å². The Morgan fingerprint density at radius 2 is 1.28 bits per heavy atom. The van der Waals surface area contributed by atoms with Gasteiger partial charge in [0, 0.05) is 0 Å². The molecule has 9 N–H and O–H groups in total. The van der Waals surface area contributed by atoms with Crippen molar-refractivity contribution in [1.29, 1.82) is 0 Å². The summed E-state index contributed by atoms with van der Waals surface area (Å²) in [4.78, 5) is 55.7. The summed E-state index contributed by atoms with van der Waals surface area (Å²) in [6.45, 7) is -1.42. The molecule has 1 radical (unpaired) electrons. The van der Waals surface area contributed by atoms with E-state index in [1.54, 1.807) is 0 Å². The van der Waals surface area contributed by atoms with Crippen LogP contribution in [0.3, 0.4) is 0 Å². The maximum absolute atomic E-state index is 13.5. The van der Waals surface area contributed by atoms with Crippen molar-refractivity contribution in [3.63, 3.8) is 0 Å². The number of rotatable bonds is 2. The number of nitrogens with two attached hydrogens (primary N) is 2. The number of H-pyrrole nitrogens is 2. The molecule has 0 aliphatic carbocycles. The molecule has 7 heterocycles. The van der Waals surface area contributed by atoms with Crippen molar-refractivity contribution in [2.24, 2.45) is 0 Å². The second kappa shape index (κ2) is 11.3. The summed E-state index contributed by atoms with van der Waals surface area (Å²) in [6.07, 6.45) is -14.0. The SMILES string of the molecule is Nc1nc2c(ncn2[C@@H]2O[C@@H]3COP(=O)([Se])O[C@H]4[C@@H](O)[C@H](n5cnc6c(=O)[nH]c(N)nc65)O[C@@H]4COP(=O)(O)O[C@H]3[C@H]2O)c(=O)[nH]1. The molecule has 3 saturated heterocycles. The molecule has 0 bridgehead atoms. The minimum absolute atomic E-state index is 0.0659. The van der Waals surface area contributed by atoms with Crippen molar-refractivity contribution in [3.05, 3.63) is 33.4 Å². The average molecular weight is 752 g/mol. The number of aromatic amines is 2. The fourth-order valence-electron chi connectivity index (χ4n) is 5.38. The summed E-state index contributed by atoms with van der Waals surface area (Å²) >= 11 is 2.29. The minimum atomic E-state index is -5.04. The van der Waals surface area contributed by atoms with Crippen LogP contribution in [-0.4, -0.2) is 120 Å². The molecular weight excluding hydrogens is 729 g/mol. The number of aromatic nitrogens is 8. The Morgan fingerprint density at radius 3 is 1.78 bits per heavy atom. The van der Waals surface area contributed by atoms with Gasteiger partial charge in [-0.2, -0.15) is 0 Å². The van der Waals surface area contributed by atoms with Gasteiger partial charge in [0.1, 0.15) is 0 Å². The van der Waals surface area contributed by atoms with Gasteiger partial charge < -0.3 is 0 Å². The molecule has 0 spiro atoms. The predicted molar refractivity (Wildman–Crippen MR) is 150 cm³/mol. The van der Waals surface area contributed by atoms with Gasteiger partial charge in [-0.15, -0.1) is 0 Å². The molecule has 2 unspecified atom stereocenters. The first kappa shape index (κ1) is 31.5. The number of phosphoric acid groups is 1. The van der Waals surface area contributed by atoms with Crippen LogP contribution in [0.1, 0.15) is 12.5 Å². The van der Waals surface area contributed by atoms with E-state index in [0.717, 1.165) is 17.2 Å². The van der Waals surface area contributed by atoms with Gasteiger partial charge in [-0.05, 0) is 0 Å². The summed E-state index contributed by atoms with van der Waals surface area (Å²) in [5, 5.41) is 22.4. The third-order valence-electron chi connectivity index (χ3n) is 7.37. The molecule has 7 rings (SSSR count). The maximum atomic E-state index is 13.5. The Morgan fingerprint density at radius 1 is 0.826 bits per heavy atom. The first-order chi connectivity index (χ1) is 21.7. The topological polar surface area (TPSA) is 329 Å². The van der Waals surface area contributed by atoms with E-state index in [1.807, 2.05) is 0 Å². The summed E-state index contributed by atoms with van der Waals surface area (Å²) in [7, 11) is -5.04. The Hall–Kier alpha value is -3.08. The van der Waals surface area contributed by atoms with E-state index >= 15 is 0 Å². The van der Waals surface area contributed by atoms with Gasteiger partial charge in [0.25, 0.3) is 0 Å². The Kier molecular flexibility index (Phi) is 7.72. The zero-order valence-corrected chi connectivity index (χ0v) is 26.3. The van der Waals surface area contributed by atoms with Crippen LogP contribution < -0.4 is 22.6 Å². The monoisotopic (exact) mass is 753 g/mol.